The summed E-state index contributed by atoms with van der Waals surface area (Å²) in [6.07, 6.45) is 1.17. The number of benzene rings is 3. The van der Waals surface area contributed by atoms with Crippen molar-refractivity contribution in [2.45, 2.75) is 36.5 Å². The molecule has 0 spiro atoms. The van der Waals surface area contributed by atoms with E-state index >= 15 is 0 Å². The van der Waals surface area contributed by atoms with E-state index in [0.717, 1.165) is 5.56 Å². The lowest BCUT2D eigenvalue weighted by atomic mass is 9.94. The van der Waals surface area contributed by atoms with Crippen LogP contribution in [0, 0.1) is 19.7 Å². The summed E-state index contributed by atoms with van der Waals surface area (Å²) >= 11 is 0. The summed E-state index contributed by atoms with van der Waals surface area (Å²) < 4.78 is 41.5. The van der Waals surface area contributed by atoms with Gasteiger partial charge in [-0.15, -0.1) is 0 Å². The molecule has 1 aliphatic heterocycles. The van der Waals surface area contributed by atoms with Crippen LogP contribution in [0.15, 0.2) is 76.5 Å². The first-order valence-corrected chi connectivity index (χ1v) is 13.7. The lowest BCUT2D eigenvalue weighted by Gasteiger charge is -2.10. The molecule has 0 saturated carbocycles. The smallest absolute Gasteiger partial charge is 0.303 e. The molecule has 9 heteroatoms. The fourth-order valence-corrected chi connectivity index (χ4v) is 6.63. The number of nitrogens with one attached hydrogen (secondary N) is 2. The van der Waals surface area contributed by atoms with E-state index < -0.39 is 27.5 Å². The van der Waals surface area contributed by atoms with Crippen molar-refractivity contribution in [3.8, 4) is 11.1 Å². The van der Waals surface area contributed by atoms with Crippen LogP contribution in [0.2, 0.25) is 0 Å². The number of hydrogen-bond acceptors (Lipinski definition) is 4. The normalized spacial score (nSPS) is 13.9. The van der Waals surface area contributed by atoms with Crippen LogP contribution < -0.4 is 5.32 Å². The van der Waals surface area contributed by atoms with Crippen molar-refractivity contribution in [3.05, 3.63) is 101 Å². The van der Waals surface area contributed by atoms with Gasteiger partial charge in [-0.1, -0.05) is 42.0 Å². The fraction of sp³-hybridized carbons (Fsp3) is 0.133. The van der Waals surface area contributed by atoms with Gasteiger partial charge < -0.3 is 15.4 Å². The standard InChI is InChI=1S/C30H25FN2O5S/c1-17-9-11-21(12-10-17)39(37,38)29-18(2)32-26(23(29)13-14-27(34)35)16-24-28-22(19-5-3-6-20(31)15-19)7-4-8-25(28)33-30(24)36/h3-12,15-16,32H,13-14H2,1-2H3,(H,33,36)(H,34,35)/b24-16-. The molecule has 0 aliphatic carbocycles. The van der Waals surface area contributed by atoms with Gasteiger partial charge in [-0.3, -0.25) is 9.59 Å². The molecule has 3 aromatic carbocycles. The molecule has 2 heterocycles. The molecule has 7 nitrogen and oxygen atoms in total. The Morgan fingerprint density at radius 2 is 1.74 bits per heavy atom. The second-order valence-corrected chi connectivity index (χ2v) is 11.3. The number of hydrogen-bond donors (Lipinski definition) is 3. The molecule has 0 bridgehead atoms. The highest BCUT2D eigenvalue weighted by molar-refractivity contribution is 7.91. The number of fused-ring (bicyclic) bond motifs is 1. The SMILES string of the molecule is Cc1ccc(S(=O)(=O)c2c(C)[nH]c(/C=C3\C(=O)Nc4cccc(-c5cccc(F)c5)c43)c2CCC(=O)O)cc1. The van der Waals surface area contributed by atoms with Crippen molar-refractivity contribution in [1.82, 2.24) is 4.98 Å². The van der Waals surface area contributed by atoms with Crippen molar-refractivity contribution in [2.24, 2.45) is 0 Å². The van der Waals surface area contributed by atoms with E-state index in [1.165, 1.54) is 24.3 Å². The van der Waals surface area contributed by atoms with Crippen molar-refractivity contribution in [1.29, 1.82) is 0 Å². The predicted molar refractivity (Wildman–Crippen MR) is 146 cm³/mol. The van der Waals surface area contributed by atoms with Crippen molar-refractivity contribution >= 4 is 39.1 Å². The molecule has 5 rings (SSSR count). The highest BCUT2D eigenvalue weighted by atomic mass is 32.2. The summed E-state index contributed by atoms with van der Waals surface area (Å²) in [5.41, 5.74) is 4.38. The number of sulfone groups is 1. The summed E-state index contributed by atoms with van der Waals surface area (Å²) in [6.45, 7) is 3.46. The number of amides is 1. The molecule has 1 aliphatic rings. The third kappa shape index (κ3) is 4.88. The van der Waals surface area contributed by atoms with Crippen LogP contribution in [0.4, 0.5) is 10.1 Å². The first-order valence-electron chi connectivity index (χ1n) is 12.2. The Balaban J connectivity index is 1.70. The van der Waals surface area contributed by atoms with Crippen LogP contribution >= 0.6 is 0 Å². The lowest BCUT2D eigenvalue weighted by molar-refractivity contribution is -0.137. The van der Waals surface area contributed by atoms with Gasteiger partial charge in [0.2, 0.25) is 9.84 Å². The summed E-state index contributed by atoms with van der Waals surface area (Å²) in [5, 5.41) is 12.2. The molecule has 198 valence electrons. The van der Waals surface area contributed by atoms with Crippen LogP contribution in [0.25, 0.3) is 22.8 Å². The molecule has 39 heavy (non-hydrogen) atoms. The largest absolute Gasteiger partial charge is 0.481 e. The molecule has 4 aromatic rings. The zero-order chi connectivity index (χ0) is 27.9. The molecule has 0 radical (unpaired) electrons. The number of anilines is 1. The van der Waals surface area contributed by atoms with E-state index in [2.05, 4.69) is 10.3 Å². The molecule has 0 fully saturated rings. The number of aliphatic carboxylic acids is 1. The zero-order valence-electron chi connectivity index (χ0n) is 21.2. The zero-order valence-corrected chi connectivity index (χ0v) is 22.0. The summed E-state index contributed by atoms with van der Waals surface area (Å²) in [7, 11) is -4.00. The molecule has 0 saturated heterocycles. The Bertz CT molecular complexity index is 1770. The van der Waals surface area contributed by atoms with E-state index in [0.29, 0.717) is 33.8 Å². The van der Waals surface area contributed by atoms with E-state index in [-0.39, 0.29) is 33.8 Å². The van der Waals surface area contributed by atoms with Crippen LogP contribution in [-0.4, -0.2) is 30.4 Å². The molecular weight excluding hydrogens is 519 g/mol. The maximum absolute atomic E-state index is 14.0. The lowest BCUT2D eigenvalue weighted by Crippen LogP contribution is -2.08. The molecule has 3 N–H and O–H groups in total. The number of aromatic amines is 1. The Kier molecular flexibility index (Phi) is 6.69. The number of carbonyl (C=O) groups excluding carboxylic acids is 1. The minimum atomic E-state index is -4.00. The second kappa shape index (κ2) is 9.99. The molecule has 0 atom stereocenters. The number of aryl methyl sites for hydroxylation is 2. The number of rotatable bonds is 7. The van der Waals surface area contributed by atoms with E-state index in [9.17, 15) is 27.5 Å². The Morgan fingerprint density at radius 3 is 2.44 bits per heavy atom. The number of carboxylic acid groups (broad SMARTS) is 1. The van der Waals surface area contributed by atoms with Gasteiger partial charge in [0.1, 0.15) is 5.82 Å². The molecule has 1 aromatic heterocycles. The van der Waals surface area contributed by atoms with Crippen molar-refractivity contribution in [3.63, 3.8) is 0 Å². The van der Waals surface area contributed by atoms with E-state index in [4.69, 9.17) is 0 Å². The Labute approximate surface area is 224 Å². The van der Waals surface area contributed by atoms with Gasteiger partial charge in [-0.25, -0.2) is 12.8 Å². The molecular formula is C30H25FN2O5S. The van der Waals surface area contributed by atoms with Gasteiger partial charge >= 0.3 is 5.97 Å². The van der Waals surface area contributed by atoms with E-state index in [1.807, 2.05) is 6.92 Å². The average molecular weight is 545 g/mol. The number of H-pyrrole nitrogens is 1. The summed E-state index contributed by atoms with van der Waals surface area (Å²) in [4.78, 5) is 27.8. The Hall–Kier alpha value is -4.50. The van der Waals surface area contributed by atoms with Gasteiger partial charge in [-0.05, 0) is 73.4 Å². The number of carboxylic acids is 1. The maximum Gasteiger partial charge on any atom is 0.303 e. The van der Waals surface area contributed by atoms with Gasteiger partial charge in [0, 0.05) is 29.1 Å². The maximum atomic E-state index is 14.0. The third-order valence-corrected chi connectivity index (χ3v) is 8.68. The highest BCUT2D eigenvalue weighted by Gasteiger charge is 2.31. The molecule has 1 amide bonds. The topological polar surface area (TPSA) is 116 Å². The number of carbonyl (C=O) groups is 2. The van der Waals surface area contributed by atoms with E-state index in [1.54, 1.807) is 55.5 Å². The van der Waals surface area contributed by atoms with Gasteiger partial charge in [-0.2, -0.15) is 0 Å². The summed E-state index contributed by atoms with van der Waals surface area (Å²) in [6, 6.07) is 17.7. The Morgan fingerprint density at radius 1 is 1.03 bits per heavy atom. The monoisotopic (exact) mass is 544 g/mol. The number of aromatic nitrogens is 1. The first-order chi connectivity index (χ1) is 18.6. The average Bonchev–Trinajstić information content (AvgIpc) is 3.38. The quantitative estimate of drug-likeness (QED) is 0.255. The number of halogens is 1. The minimum Gasteiger partial charge on any atom is -0.481 e. The van der Waals surface area contributed by atoms with Gasteiger partial charge in [0.05, 0.1) is 15.4 Å². The fourth-order valence-electron chi connectivity index (χ4n) is 4.91. The third-order valence-electron chi connectivity index (χ3n) is 6.70. The first kappa shape index (κ1) is 26.1. The van der Waals surface area contributed by atoms with Crippen LogP contribution in [0.1, 0.15) is 34.5 Å². The predicted octanol–water partition coefficient (Wildman–Crippen LogP) is 5.78. The van der Waals surface area contributed by atoms with Crippen LogP contribution in [0.5, 0.6) is 0 Å². The molecule has 0 unspecified atom stereocenters. The van der Waals surface area contributed by atoms with Crippen molar-refractivity contribution in [2.75, 3.05) is 5.32 Å². The summed E-state index contributed by atoms with van der Waals surface area (Å²) in [5.74, 6) is -1.91. The van der Waals surface area contributed by atoms with Gasteiger partial charge in [0.15, 0.2) is 0 Å². The van der Waals surface area contributed by atoms with Crippen LogP contribution in [-0.2, 0) is 25.8 Å². The van der Waals surface area contributed by atoms with Gasteiger partial charge in [0.25, 0.3) is 5.91 Å². The minimum absolute atomic E-state index is 0.00324. The van der Waals surface area contributed by atoms with Crippen LogP contribution in [0.3, 0.4) is 0 Å². The highest BCUT2D eigenvalue weighted by Crippen LogP contribution is 2.41. The van der Waals surface area contributed by atoms with Crippen molar-refractivity contribution < 1.29 is 27.5 Å². The second-order valence-electron chi connectivity index (χ2n) is 9.43.